The molecule has 3 heterocycles. The lowest BCUT2D eigenvalue weighted by atomic mass is 9.87. The number of aryl methyl sites for hydroxylation is 1. The van der Waals surface area contributed by atoms with Crippen LogP contribution in [0.4, 0.5) is 0 Å². The first-order valence-electron chi connectivity index (χ1n) is 7.70. The summed E-state index contributed by atoms with van der Waals surface area (Å²) in [6, 6.07) is 0. The highest BCUT2D eigenvalue weighted by molar-refractivity contribution is 5.78. The molecule has 3 aromatic rings. The van der Waals surface area contributed by atoms with Crippen LogP contribution in [0.5, 0.6) is 0 Å². The zero-order valence-electron chi connectivity index (χ0n) is 11.9. The quantitative estimate of drug-likeness (QED) is 0.768. The summed E-state index contributed by atoms with van der Waals surface area (Å²) in [5.74, 6) is 0.641. The Labute approximate surface area is 118 Å². The minimum Gasteiger partial charge on any atom is -0.345 e. The molecule has 0 aliphatic heterocycles. The molecular formula is C16H20N4. The Hall–Kier alpha value is -1.84. The van der Waals surface area contributed by atoms with Crippen molar-refractivity contribution in [1.82, 2.24) is 19.4 Å². The van der Waals surface area contributed by atoms with Crippen molar-refractivity contribution < 1.29 is 0 Å². The molecule has 0 atom stereocenters. The molecule has 0 unspecified atom stereocenters. The number of imidazole rings is 1. The first-order valence-corrected chi connectivity index (χ1v) is 7.70. The second-order valence-corrected chi connectivity index (χ2v) is 5.85. The highest BCUT2D eigenvalue weighted by Gasteiger charge is 2.19. The van der Waals surface area contributed by atoms with Gasteiger partial charge in [0.1, 0.15) is 0 Å². The molecule has 1 N–H and O–H groups in total. The molecule has 20 heavy (non-hydrogen) atoms. The normalized spacial score (nSPS) is 17.2. The Kier molecular flexibility index (Phi) is 2.76. The van der Waals surface area contributed by atoms with Crippen molar-refractivity contribution in [1.29, 1.82) is 0 Å². The van der Waals surface area contributed by atoms with E-state index in [2.05, 4.69) is 33.7 Å². The Bertz CT molecular complexity index is 746. The van der Waals surface area contributed by atoms with Crippen LogP contribution in [0.25, 0.3) is 16.8 Å². The zero-order chi connectivity index (χ0) is 13.5. The molecule has 3 aromatic heterocycles. The van der Waals surface area contributed by atoms with E-state index in [9.17, 15) is 0 Å². The summed E-state index contributed by atoms with van der Waals surface area (Å²) in [5.41, 5.74) is 5.70. The first kappa shape index (κ1) is 11.9. The Balaban J connectivity index is 1.89. The Morgan fingerprint density at radius 2 is 2.15 bits per heavy atom. The van der Waals surface area contributed by atoms with Crippen LogP contribution in [0.15, 0.2) is 18.6 Å². The van der Waals surface area contributed by atoms with Crippen LogP contribution in [-0.2, 0) is 6.42 Å². The molecule has 4 nitrogen and oxygen atoms in total. The van der Waals surface area contributed by atoms with E-state index in [1.54, 1.807) is 0 Å². The van der Waals surface area contributed by atoms with Crippen LogP contribution in [0, 0.1) is 0 Å². The summed E-state index contributed by atoms with van der Waals surface area (Å²) in [4.78, 5) is 12.6. The average Bonchev–Trinajstić information content (AvgIpc) is 3.11. The number of rotatable bonds is 2. The van der Waals surface area contributed by atoms with E-state index in [1.807, 2.05) is 6.20 Å². The maximum absolute atomic E-state index is 4.83. The number of aromatic nitrogens is 4. The molecule has 1 aliphatic carbocycles. The standard InChI is InChI=1S/C16H20N4/c1-2-11-8-17-16-15(11)20-10-13(19-14(20)9-18-16)12-6-4-3-5-7-12/h8-10,12,17H,2-7H2,1H3. The van der Waals surface area contributed by atoms with Gasteiger partial charge >= 0.3 is 0 Å². The largest absolute Gasteiger partial charge is 0.345 e. The third-order valence-corrected chi connectivity index (χ3v) is 4.62. The van der Waals surface area contributed by atoms with Gasteiger partial charge in [0.05, 0.1) is 17.4 Å². The van der Waals surface area contributed by atoms with E-state index in [0.29, 0.717) is 5.92 Å². The predicted molar refractivity (Wildman–Crippen MR) is 80.0 cm³/mol. The van der Waals surface area contributed by atoms with Crippen molar-refractivity contribution in [2.24, 2.45) is 0 Å². The molecule has 0 amide bonds. The molecule has 1 fully saturated rings. The van der Waals surface area contributed by atoms with Gasteiger partial charge in [0, 0.05) is 18.3 Å². The molecule has 4 rings (SSSR count). The van der Waals surface area contributed by atoms with Gasteiger partial charge in [-0.1, -0.05) is 26.2 Å². The lowest BCUT2D eigenvalue weighted by molar-refractivity contribution is 0.438. The molecule has 0 aromatic carbocycles. The summed E-state index contributed by atoms with van der Waals surface area (Å²) in [7, 11) is 0. The number of aromatic amines is 1. The van der Waals surface area contributed by atoms with E-state index in [-0.39, 0.29) is 0 Å². The second kappa shape index (κ2) is 4.62. The Morgan fingerprint density at radius 1 is 1.30 bits per heavy atom. The third kappa shape index (κ3) is 1.74. The number of hydrogen-bond donors (Lipinski definition) is 1. The third-order valence-electron chi connectivity index (χ3n) is 4.62. The molecule has 104 valence electrons. The van der Waals surface area contributed by atoms with Gasteiger partial charge in [-0.2, -0.15) is 0 Å². The Morgan fingerprint density at radius 3 is 2.95 bits per heavy atom. The number of hydrogen-bond acceptors (Lipinski definition) is 2. The monoisotopic (exact) mass is 268 g/mol. The number of fused-ring (bicyclic) bond motifs is 3. The van der Waals surface area contributed by atoms with Crippen molar-refractivity contribution in [3.63, 3.8) is 0 Å². The maximum atomic E-state index is 4.83. The lowest BCUT2D eigenvalue weighted by Gasteiger charge is -2.19. The summed E-state index contributed by atoms with van der Waals surface area (Å²) in [6.45, 7) is 2.18. The van der Waals surface area contributed by atoms with Gasteiger partial charge in [-0.05, 0) is 24.8 Å². The van der Waals surface area contributed by atoms with Gasteiger partial charge in [0.2, 0.25) is 0 Å². The SMILES string of the molecule is CCc1c[nH]c2ncc3nc(C4CCCCC4)cn3c12. The van der Waals surface area contributed by atoms with Gasteiger partial charge in [-0.25, -0.2) is 9.97 Å². The summed E-state index contributed by atoms with van der Waals surface area (Å²) in [6.07, 6.45) is 13.8. The molecule has 0 saturated heterocycles. The molecule has 1 aliphatic rings. The lowest BCUT2D eigenvalue weighted by Crippen LogP contribution is -2.04. The molecule has 0 radical (unpaired) electrons. The van der Waals surface area contributed by atoms with Gasteiger partial charge in [0.25, 0.3) is 0 Å². The molecule has 1 saturated carbocycles. The number of H-pyrrole nitrogens is 1. The van der Waals surface area contributed by atoms with Crippen LogP contribution in [0.3, 0.4) is 0 Å². The molecule has 0 bridgehead atoms. The van der Waals surface area contributed by atoms with Crippen molar-refractivity contribution in [3.05, 3.63) is 29.8 Å². The van der Waals surface area contributed by atoms with Crippen LogP contribution < -0.4 is 0 Å². The highest BCUT2D eigenvalue weighted by atomic mass is 15.1. The van der Waals surface area contributed by atoms with Crippen LogP contribution >= 0.6 is 0 Å². The average molecular weight is 268 g/mol. The predicted octanol–water partition coefficient (Wildman–Crippen LogP) is 3.82. The number of nitrogens with zero attached hydrogens (tertiary/aromatic N) is 3. The second-order valence-electron chi connectivity index (χ2n) is 5.85. The molecular weight excluding hydrogens is 248 g/mol. The van der Waals surface area contributed by atoms with Gasteiger partial charge in [0.15, 0.2) is 11.3 Å². The van der Waals surface area contributed by atoms with Crippen LogP contribution in [0.1, 0.15) is 56.2 Å². The van der Waals surface area contributed by atoms with Crippen molar-refractivity contribution in [3.8, 4) is 0 Å². The van der Waals surface area contributed by atoms with Crippen LogP contribution in [0.2, 0.25) is 0 Å². The van der Waals surface area contributed by atoms with Crippen LogP contribution in [-0.4, -0.2) is 19.4 Å². The fourth-order valence-electron chi connectivity index (χ4n) is 3.48. The fourth-order valence-corrected chi connectivity index (χ4v) is 3.48. The summed E-state index contributed by atoms with van der Waals surface area (Å²) in [5, 5.41) is 0. The van der Waals surface area contributed by atoms with Gasteiger partial charge in [-0.15, -0.1) is 0 Å². The fraction of sp³-hybridized carbons (Fsp3) is 0.500. The molecule has 0 spiro atoms. The number of nitrogens with one attached hydrogen (secondary N) is 1. The molecule has 4 heteroatoms. The van der Waals surface area contributed by atoms with Gasteiger partial charge < -0.3 is 4.98 Å². The maximum Gasteiger partial charge on any atom is 0.156 e. The smallest absolute Gasteiger partial charge is 0.156 e. The first-order chi connectivity index (χ1) is 9.86. The highest BCUT2D eigenvalue weighted by Crippen LogP contribution is 2.32. The topological polar surface area (TPSA) is 46.0 Å². The summed E-state index contributed by atoms with van der Waals surface area (Å²) >= 11 is 0. The van der Waals surface area contributed by atoms with E-state index in [0.717, 1.165) is 17.7 Å². The van der Waals surface area contributed by atoms with Crippen molar-refractivity contribution in [2.45, 2.75) is 51.4 Å². The van der Waals surface area contributed by atoms with E-state index in [4.69, 9.17) is 4.98 Å². The zero-order valence-corrected chi connectivity index (χ0v) is 11.9. The summed E-state index contributed by atoms with van der Waals surface area (Å²) < 4.78 is 2.22. The van der Waals surface area contributed by atoms with Crippen molar-refractivity contribution in [2.75, 3.05) is 0 Å². The van der Waals surface area contributed by atoms with E-state index < -0.39 is 0 Å². The minimum atomic E-state index is 0.641. The van der Waals surface area contributed by atoms with Gasteiger partial charge in [-0.3, -0.25) is 4.40 Å². The van der Waals surface area contributed by atoms with Crippen molar-refractivity contribution >= 4 is 16.8 Å². The van der Waals surface area contributed by atoms with E-state index in [1.165, 1.54) is 48.9 Å². The van der Waals surface area contributed by atoms with E-state index >= 15 is 0 Å². The minimum absolute atomic E-state index is 0.641.